The van der Waals surface area contributed by atoms with Crippen molar-refractivity contribution in [1.29, 1.82) is 0 Å². The van der Waals surface area contributed by atoms with Crippen LogP contribution >= 0.6 is 0 Å². The summed E-state index contributed by atoms with van der Waals surface area (Å²) in [5.41, 5.74) is 0.920. The highest BCUT2D eigenvalue weighted by atomic mass is 32.2. The van der Waals surface area contributed by atoms with Crippen LogP contribution in [0.2, 0.25) is 0 Å². The minimum absolute atomic E-state index is 0.00269. The van der Waals surface area contributed by atoms with Gasteiger partial charge in [0.25, 0.3) is 10.1 Å². The molecular weight excluding hydrogens is 649 g/mol. The Morgan fingerprint density at radius 3 is 1.12 bits per heavy atom. The molecule has 0 amide bonds. The number of carbonyl (C=O) groups excluding carboxylic acids is 2. The molecule has 1 unspecified atom stereocenters. The van der Waals surface area contributed by atoms with E-state index in [2.05, 4.69) is 13.8 Å². The average Bonchev–Trinajstić information content (AvgIpc) is 3.10. The van der Waals surface area contributed by atoms with Gasteiger partial charge in [0, 0.05) is 12.8 Å². The van der Waals surface area contributed by atoms with Crippen LogP contribution in [0.1, 0.15) is 199 Å². The molecule has 1 aromatic rings. The van der Waals surface area contributed by atoms with Gasteiger partial charge in [-0.3, -0.25) is 13.8 Å². The predicted octanol–water partition coefficient (Wildman–Crippen LogP) is 12.1. The van der Waals surface area contributed by atoms with Gasteiger partial charge in [-0.05, 0) is 31.9 Å². The third kappa shape index (κ3) is 26.8. The van der Waals surface area contributed by atoms with Crippen molar-refractivity contribution in [2.24, 2.45) is 0 Å². The van der Waals surface area contributed by atoms with E-state index in [1.807, 2.05) is 6.92 Å². The summed E-state index contributed by atoms with van der Waals surface area (Å²) in [7, 11) is -4.13. The molecule has 1 rings (SSSR count). The van der Waals surface area contributed by atoms with Crippen LogP contribution in [0.3, 0.4) is 0 Å². The first-order valence-electron chi connectivity index (χ1n) is 20.6. The topological polar surface area (TPSA) is 96.0 Å². The van der Waals surface area contributed by atoms with E-state index in [9.17, 15) is 18.0 Å². The van der Waals surface area contributed by atoms with Gasteiger partial charge in [-0.2, -0.15) is 8.42 Å². The number of rotatable bonds is 35. The van der Waals surface area contributed by atoms with E-state index in [0.717, 1.165) is 44.1 Å². The molecule has 0 N–H and O–H groups in total. The van der Waals surface area contributed by atoms with Gasteiger partial charge in [0.2, 0.25) is 0 Å². The lowest BCUT2D eigenvalue weighted by Gasteiger charge is -2.18. The number of ether oxygens (including phenoxy) is 2. The van der Waals surface area contributed by atoms with Crippen LogP contribution in [0.15, 0.2) is 29.2 Å². The maximum atomic E-state index is 12.9. The van der Waals surface area contributed by atoms with Crippen LogP contribution in [0.5, 0.6) is 0 Å². The van der Waals surface area contributed by atoms with Crippen LogP contribution < -0.4 is 0 Å². The number of aryl methyl sites for hydroxylation is 1. The van der Waals surface area contributed by atoms with Crippen LogP contribution in [-0.2, 0) is 33.4 Å². The lowest BCUT2D eigenvalue weighted by atomic mass is 10.0. The molecule has 1 atom stereocenters. The third-order valence-corrected chi connectivity index (χ3v) is 10.8. The molecule has 0 aromatic heterocycles. The summed E-state index contributed by atoms with van der Waals surface area (Å²) >= 11 is 0. The van der Waals surface area contributed by atoms with Crippen molar-refractivity contribution in [2.75, 3.05) is 13.2 Å². The van der Waals surface area contributed by atoms with Crippen molar-refractivity contribution >= 4 is 22.1 Å². The van der Waals surface area contributed by atoms with Crippen molar-refractivity contribution in [3.8, 4) is 0 Å². The van der Waals surface area contributed by atoms with Crippen LogP contribution in [-0.4, -0.2) is 39.7 Å². The third-order valence-electron chi connectivity index (χ3n) is 9.40. The Balaban J connectivity index is 2.23. The van der Waals surface area contributed by atoms with Crippen LogP contribution in [0.25, 0.3) is 0 Å². The lowest BCUT2D eigenvalue weighted by molar-refractivity contribution is -0.151. The Morgan fingerprint density at radius 2 is 0.800 bits per heavy atom. The predicted molar refractivity (Wildman–Crippen MR) is 206 cm³/mol. The highest BCUT2D eigenvalue weighted by Crippen LogP contribution is 2.18. The summed E-state index contributed by atoms with van der Waals surface area (Å²) in [5, 5.41) is 0. The molecule has 0 bridgehead atoms. The Hall–Kier alpha value is -1.93. The summed E-state index contributed by atoms with van der Waals surface area (Å²) in [6.07, 6.45) is 31.5. The molecule has 0 aliphatic rings. The first-order chi connectivity index (χ1) is 24.3. The number of hydrogen-bond donors (Lipinski definition) is 0. The Labute approximate surface area is 307 Å². The zero-order chi connectivity index (χ0) is 36.5. The number of esters is 2. The fourth-order valence-electron chi connectivity index (χ4n) is 6.13. The summed E-state index contributed by atoms with van der Waals surface area (Å²) in [5.74, 6) is -0.798. The largest absolute Gasteiger partial charge is 0.463 e. The monoisotopic (exact) mass is 723 g/mol. The average molecular weight is 723 g/mol. The summed E-state index contributed by atoms with van der Waals surface area (Å²) < 4.78 is 42.0. The first-order valence-corrected chi connectivity index (χ1v) is 22.0. The molecule has 0 radical (unpaired) electrons. The minimum Gasteiger partial charge on any atom is -0.463 e. The molecule has 7 nitrogen and oxygen atoms in total. The smallest absolute Gasteiger partial charge is 0.305 e. The van der Waals surface area contributed by atoms with E-state index in [-0.39, 0.29) is 31.0 Å². The highest BCUT2D eigenvalue weighted by molar-refractivity contribution is 7.86. The molecular formula is C42H74O7S. The fraction of sp³-hybridized carbons (Fsp3) is 0.810. The molecule has 50 heavy (non-hydrogen) atoms. The van der Waals surface area contributed by atoms with Gasteiger partial charge in [0.05, 0.1) is 4.90 Å². The van der Waals surface area contributed by atoms with Gasteiger partial charge >= 0.3 is 11.9 Å². The van der Waals surface area contributed by atoms with Crippen molar-refractivity contribution in [3.63, 3.8) is 0 Å². The second kappa shape index (κ2) is 31.8. The van der Waals surface area contributed by atoms with E-state index in [1.54, 1.807) is 12.1 Å². The van der Waals surface area contributed by atoms with Crippen molar-refractivity contribution in [3.05, 3.63) is 29.8 Å². The Bertz CT molecular complexity index is 1050. The van der Waals surface area contributed by atoms with E-state index in [4.69, 9.17) is 13.7 Å². The number of unbranched alkanes of at least 4 members (excludes halogenated alkanes) is 24. The quantitative estimate of drug-likeness (QED) is 0.0391. The highest BCUT2D eigenvalue weighted by Gasteiger charge is 2.25. The van der Waals surface area contributed by atoms with Crippen molar-refractivity contribution in [1.82, 2.24) is 0 Å². The summed E-state index contributed by atoms with van der Waals surface area (Å²) in [6.45, 7) is 5.73. The summed E-state index contributed by atoms with van der Waals surface area (Å²) in [4.78, 5) is 24.8. The van der Waals surface area contributed by atoms with E-state index in [0.29, 0.717) is 0 Å². The fourth-order valence-corrected chi connectivity index (χ4v) is 7.18. The molecule has 0 saturated heterocycles. The zero-order valence-corrected chi connectivity index (χ0v) is 33.2. The van der Waals surface area contributed by atoms with Gasteiger partial charge in [0.1, 0.15) is 19.3 Å². The maximum Gasteiger partial charge on any atom is 0.305 e. The molecule has 0 saturated carbocycles. The van der Waals surface area contributed by atoms with E-state index >= 15 is 0 Å². The van der Waals surface area contributed by atoms with Crippen LogP contribution in [0.4, 0.5) is 0 Å². The van der Waals surface area contributed by atoms with Gasteiger partial charge in [-0.15, -0.1) is 0 Å². The van der Waals surface area contributed by atoms with Crippen LogP contribution in [0, 0.1) is 6.92 Å². The minimum atomic E-state index is -4.13. The second-order valence-corrected chi connectivity index (χ2v) is 15.9. The molecule has 0 spiro atoms. The lowest BCUT2D eigenvalue weighted by Crippen LogP contribution is -2.31. The molecule has 0 aliphatic carbocycles. The van der Waals surface area contributed by atoms with Gasteiger partial charge in [-0.25, -0.2) is 0 Å². The van der Waals surface area contributed by atoms with Crippen molar-refractivity contribution in [2.45, 2.75) is 212 Å². The first kappa shape index (κ1) is 46.1. The molecule has 0 heterocycles. The Morgan fingerprint density at radius 1 is 0.500 bits per heavy atom. The number of benzene rings is 1. The SMILES string of the molecule is CCCCCCCCCCCCCCCCCCCCCC(=O)OCC(COC(=O)CCCCCCCCC)OS(=O)(=O)c1ccc(C)cc1. The standard InChI is InChI=1S/C42H74O7S/c1-4-6-8-10-12-13-14-15-16-17-18-19-20-21-22-23-25-27-29-31-42(44)48-37-39(49-50(45,46)40-34-32-38(3)33-35-40)36-47-41(43)30-28-26-24-11-9-7-5-2/h32-35,39H,4-31,36-37H2,1-3H3. The molecule has 0 aliphatic heterocycles. The zero-order valence-electron chi connectivity index (χ0n) is 32.4. The van der Waals surface area contributed by atoms with Gasteiger partial charge in [-0.1, -0.05) is 186 Å². The van der Waals surface area contributed by atoms with Gasteiger partial charge < -0.3 is 9.47 Å². The van der Waals surface area contributed by atoms with E-state index < -0.39 is 28.2 Å². The van der Waals surface area contributed by atoms with Crippen molar-refractivity contribution < 1.29 is 31.7 Å². The number of carbonyl (C=O) groups is 2. The maximum absolute atomic E-state index is 12.9. The normalized spacial score (nSPS) is 12.2. The van der Waals surface area contributed by atoms with Gasteiger partial charge in [0.15, 0.2) is 0 Å². The summed E-state index contributed by atoms with van der Waals surface area (Å²) in [6, 6.07) is 6.32. The van der Waals surface area contributed by atoms with E-state index in [1.165, 1.54) is 141 Å². The molecule has 1 aromatic carbocycles. The molecule has 290 valence electrons. The number of hydrogen-bond acceptors (Lipinski definition) is 7. The second-order valence-electron chi connectivity index (χ2n) is 14.3. The molecule has 8 heteroatoms. The molecule has 0 fully saturated rings. The Kier molecular flexibility index (Phi) is 29.3.